The summed E-state index contributed by atoms with van der Waals surface area (Å²) in [5, 5.41) is 9.62. The van der Waals surface area contributed by atoms with Crippen LogP contribution in [0.4, 0.5) is 5.95 Å². The van der Waals surface area contributed by atoms with Crippen molar-refractivity contribution in [3.8, 4) is 6.07 Å². The number of aromatic nitrogens is 2. The number of benzene rings is 1. The van der Waals surface area contributed by atoms with Gasteiger partial charge in [-0.25, -0.2) is 9.97 Å². The van der Waals surface area contributed by atoms with Crippen molar-refractivity contribution in [3.63, 3.8) is 0 Å². The molecule has 2 heterocycles. The second-order valence-corrected chi connectivity index (χ2v) is 6.04. The fraction of sp³-hybridized carbons (Fsp3) is 0.312. The van der Waals surface area contributed by atoms with Gasteiger partial charge in [-0.3, -0.25) is 0 Å². The molecule has 0 saturated carbocycles. The maximum Gasteiger partial charge on any atom is 0.225 e. The smallest absolute Gasteiger partial charge is 0.225 e. The monoisotopic (exact) mass is 342 g/mol. The molecule has 5 heteroatoms. The van der Waals surface area contributed by atoms with Crippen LogP contribution in [0.3, 0.4) is 0 Å². The van der Waals surface area contributed by atoms with Crippen LogP contribution in [0.2, 0.25) is 0 Å². The van der Waals surface area contributed by atoms with Crippen molar-refractivity contribution in [1.29, 1.82) is 5.26 Å². The van der Waals surface area contributed by atoms with E-state index >= 15 is 0 Å². The Morgan fingerprint density at radius 3 is 2.62 bits per heavy atom. The summed E-state index contributed by atoms with van der Waals surface area (Å²) in [5.74, 6) is 0.554. The maximum absolute atomic E-state index is 9.62. The Kier molecular flexibility index (Phi) is 4.16. The molecule has 3 rings (SSSR count). The van der Waals surface area contributed by atoms with Crippen LogP contribution in [0.25, 0.3) is 0 Å². The molecule has 1 aliphatic rings. The third kappa shape index (κ3) is 2.91. The number of nitrogens with zero attached hydrogens (tertiary/aromatic N) is 4. The fourth-order valence-corrected chi connectivity index (χ4v) is 3.09. The van der Waals surface area contributed by atoms with Crippen molar-refractivity contribution in [3.05, 3.63) is 52.8 Å². The Balaban J connectivity index is 1.89. The third-order valence-corrected chi connectivity index (χ3v) is 4.25. The van der Waals surface area contributed by atoms with Gasteiger partial charge in [-0.15, -0.1) is 0 Å². The van der Waals surface area contributed by atoms with Crippen molar-refractivity contribution in [2.45, 2.75) is 24.8 Å². The zero-order chi connectivity index (χ0) is 14.7. The summed E-state index contributed by atoms with van der Waals surface area (Å²) in [6, 6.07) is 12.6. The van der Waals surface area contributed by atoms with Gasteiger partial charge in [0.05, 0.1) is 22.5 Å². The maximum atomic E-state index is 9.62. The van der Waals surface area contributed by atoms with Gasteiger partial charge in [-0.2, -0.15) is 5.26 Å². The highest BCUT2D eigenvalue weighted by atomic mass is 79.9. The van der Waals surface area contributed by atoms with E-state index < -0.39 is 0 Å². The van der Waals surface area contributed by atoms with Crippen molar-refractivity contribution < 1.29 is 0 Å². The highest BCUT2D eigenvalue weighted by Gasteiger charge is 2.34. The van der Waals surface area contributed by atoms with Gasteiger partial charge in [0.2, 0.25) is 5.95 Å². The Bertz CT molecular complexity index is 636. The van der Waals surface area contributed by atoms with Gasteiger partial charge < -0.3 is 4.90 Å². The highest BCUT2D eigenvalue weighted by Crippen LogP contribution is 2.32. The van der Waals surface area contributed by atoms with Gasteiger partial charge in [0, 0.05) is 18.9 Å². The zero-order valence-corrected chi connectivity index (χ0v) is 13.1. The summed E-state index contributed by atoms with van der Waals surface area (Å²) in [7, 11) is 0. The summed E-state index contributed by atoms with van der Waals surface area (Å²) in [6.07, 6.45) is 5.56. The number of hydrogen-bond donors (Lipinski definition) is 0. The first-order chi connectivity index (χ1) is 10.3. The average molecular weight is 343 g/mol. The number of nitriles is 1. The molecule has 1 fully saturated rings. The molecule has 106 valence electrons. The van der Waals surface area contributed by atoms with Gasteiger partial charge in [0.1, 0.15) is 0 Å². The topological polar surface area (TPSA) is 52.8 Å². The number of rotatable bonds is 3. The Hall–Kier alpha value is -1.93. The molecule has 0 bridgehead atoms. The first-order valence-corrected chi connectivity index (χ1v) is 7.77. The number of hydrogen-bond acceptors (Lipinski definition) is 4. The summed E-state index contributed by atoms with van der Waals surface area (Å²) < 4.78 is 0.863. The van der Waals surface area contributed by atoms with E-state index in [1.165, 1.54) is 0 Å². The second kappa shape index (κ2) is 6.23. The lowest BCUT2D eigenvalue weighted by molar-refractivity contribution is 0.602. The quantitative estimate of drug-likeness (QED) is 0.856. The molecule has 2 aromatic rings. The minimum Gasteiger partial charge on any atom is -0.336 e. The van der Waals surface area contributed by atoms with E-state index in [9.17, 15) is 5.26 Å². The summed E-state index contributed by atoms with van der Waals surface area (Å²) in [6.45, 7) is 0.900. The largest absolute Gasteiger partial charge is 0.336 e. The van der Waals surface area contributed by atoms with E-state index in [4.69, 9.17) is 0 Å². The normalized spacial score (nSPS) is 19.2. The van der Waals surface area contributed by atoms with Crippen LogP contribution in [0.5, 0.6) is 0 Å². The van der Waals surface area contributed by atoms with Gasteiger partial charge >= 0.3 is 0 Å². The van der Waals surface area contributed by atoms with Crippen LogP contribution in [0.1, 0.15) is 24.3 Å². The molecule has 1 saturated heterocycles. The molecule has 1 aromatic carbocycles. The number of anilines is 1. The molecule has 0 amide bonds. The summed E-state index contributed by atoms with van der Waals surface area (Å²) in [5.41, 5.74) is 1.06. The first kappa shape index (κ1) is 14.0. The lowest BCUT2D eigenvalue weighted by Gasteiger charge is -2.28. The van der Waals surface area contributed by atoms with Crippen molar-refractivity contribution in [2.75, 3.05) is 11.4 Å². The average Bonchev–Trinajstić information content (AvgIpc) is 2.99. The van der Waals surface area contributed by atoms with E-state index in [0.717, 1.165) is 29.4 Å². The zero-order valence-electron chi connectivity index (χ0n) is 11.5. The predicted molar refractivity (Wildman–Crippen MR) is 84.9 cm³/mol. The Labute approximate surface area is 132 Å². The standard InChI is InChI=1S/C16H15BrN4/c17-13-10-19-16(20-11-13)21-8-4-7-15(21)14(9-18)12-5-2-1-3-6-12/h1-3,5-6,10-11,14-15H,4,7-8H2. The molecule has 2 atom stereocenters. The van der Waals surface area contributed by atoms with Crippen LogP contribution >= 0.6 is 15.9 Å². The molecular weight excluding hydrogens is 328 g/mol. The predicted octanol–water partition coefficient (Wildman–Crippen LogP) is 3.52. The van der Waals surface area contributed by atoms with E-state index in [2.05, 4.69) is 36.9 Å². The second-order valence-electron chi connectivity index (χ2n) is 5.12. The third-order valence-electron chi connectivity index (χ3n) is 3.85. The Morgan fingerprint density at radius 1 is 1.24 bits per heavy atom. The lowest BCUT2D eigenvalue weighted by Crippen LogP contribution is -2.35. The van der Waals surface area contributed by atoms with Gasteiger partial charge in [0.25, 0.3) is 0 Å². The molecular formula is C16H15BrN4. The van der Waals surface area contributed by atoms with E-state index in [1.807, 2.05) is 30.3 Å². The van der Waals surface area contributed by atoms with Crippen LogP contribution in [0.15, 0.2) is 47.2 Å². The fourth-order valence-electron chi connectivity index (χ4n) is 2.88. The molecule has 0 spiro atoms. The van der Waals surface area contributed by atoms with Crippen LogP contribution in [-0.2, 0) is 0 Å². The van der Waals surface area contributed by atoms with Crippen LogP contribution < -0.4 is 4.90 Å². The summed E-state index contributed by atoms with van der Waals surface area (Å²) >= 11 is 3.35. The molecule has 1 aromatic heterocycles. The van der Waals surface area contributed by atoms with Gasteiger partial charge in [-0.05, 0) is 34.3 Å². The van der Waals surface area contributed by atoms with E-state index in [1.54, 1.807) is 12.4 Å². The lowest BCUT2D eigenvalue weighted by atomic mass is 9.91. The van der Waals surface area contributed by atoms with Gasteiger partial charge in [-0.1, -0.05) is 30.3 Å². The van der Waals surface area contributed by atoms with Crippen LogP contribution in [0, 0.1) is 11.3 Å². The highest BCUT2D eigenvalue weighted by molar-refractivity contribution is 9.10. The SMILES string of the molecule is N#CC(c1ccccc1)C1CCCN1c1ncc(Br)cn1. The summed E-state index contributed by atoms with van der Waals surface area (Å²) in [4.78, 5) is 10.9. The van der Waals surface area contributed by atoms with E-state index in [-0.39, 0.29) is 12.0 Å². The molecule has 2 unspecified atom stereocenters. The van der Waals surface area contributed by atoms with E-state index in [0.29, 0.717) is 5.95 Å². The van der Waals surface area contributed by atoms with Crippen LogP contribution in [-0.4, -0.2) is 22.6 Å². The molecule has 4 nitrogen and oxygen atoms in total. The Morgan fingerprint density at radius 2 is 1.95 bits per heavy atom. The molecule has 1 aliphatic heterocycles. The minimum absolute atomic E-state index is 0.138. The number of halogens is 1. The van der Waals surface area contributed by atoms with Crippen molar-refractivity contribution in [1.82, 2.24) is 9.97 Å². The van der Waals surface area contributed by atoms with Crippen molar-refractivity contribution in [2.24, 2.45) is 0 Å². The molecule has 0 radical (unpaired) electrons. The van der Waals surface area contributed by atoms with Crippen molar-refractivity contribution >= 4 is 21.9 Å². The molecule has 0 N–H and O–H groups in total. The van der Waals surface area contributed by atoms with Gasteiger partial charge in [0.15, 0.2) is 0 Å². The molecule has 0 aliphatic carbocycles. The molecule has 21 heavy (non-hydrogen) atoms. The minimum atomic E-state index is -0.152. The first-order valence-electron chi connectivity index (χ1n) is 6.98.